The fourth-order valence-corrected chi connectivity index (χ4v) is 4.41. The third kappa shape index (κ3) is 4.60. The molecule has 0 aromatic heterocycles. The normalized spacial score (nSPS) is 25.3. The van der Waals surface area contributed by atoms with Crippen molar-refractivity contribution in [1.29, 1.82) is 0 Å². The summed E-state index contributed by atoms with van der Waals surface area (Å²) >= 11 is 0. The zero-order valence-corrected chi connectivity index (χ0v) is 17.7. The topological polar surface area (TPSA) is 54.0 Å². The lowest BCUT2D eigenvalue weighted by atomic mass is 9.98. The van der Waals surface area contributed by atoms with E-state index in [9.17, 15) is 4.79 Å². The number of fused-ring (bicyclic) bond motifs is 1. The average molecular weight is 431 g/mol. The third-order valence-corrected chi connectivity index (χ3v) is 5.97. The smallest absolute Gasteiger partial charge is 0.309 e. The first kappa shape index (κ1) is 20.9. The van der Waals surface area contributed by atoms with Crippen LogP contribution in [0.15, 0.2) is 91.0 Å². The Hall–Kier alpha value is -2.99. The van der Waals surface area contributed by atoms with Crippen molar-refractivity contribution in [3.8, 4) is 0 Å². The van der Waals surface area contributed by atoms with Crippen LogP contribution < -0.4 is 0 Å². The molecule has 0 radical (unpaired) electrons. The first-order chi connectivity index (χ1) is 15.8. The van der Waals surface area contributed by atoms with Gasteiger partial charge in [0, 0.05) is 0 Å². The van der Waals surface area contributed by atoms with E-state index in [1.165, 1.54) is 0 Å². The molecule has 5 atom stereocenters. The van der Waals surface area contributed by atoms with Crippen LogP contribution in [0.3, 0.4) is 0 Å². The van der Waals surface area contributed by atoms with Crippen molar-refractivity contribution < 1.29 is 23.7 Å². The van der Waals surface area contributed by atoms with Gasteiger partial charge in [0.15, 0.2) is 6.10 Å². The number of ether oxygens (including phenoxy) is 4. The molecule has 0 spiro atoms. The Kier molecular flexibility index (Phi) is 6.30. The molecule has 0 aliphatic carbocycles. The van der Waals surface area contributed by atoms with Crippen LogP contribution in [0.5, 0.6) is 0 Å². The predicted molar refractivity (Wildman–Crippen MR) is 119 cm³/mol. The number of carbonyl (C=O) groups is 1. The maximum atomic E-state index is 11.9. The summed E-state index contributed by atoms with van der Waals surface area (Å²) in [5.74, 6) is -0.242. The molecule has 5 nitrogen and oxygen atoms in total. The Balaban J connectivity index is 1.40. The van der Waals surface area contributed by atoms with Crippen molar-refractivity contribution in [3.63, 3.8) is 0 Å². The summed E-state index contributed by atoms with van der Waals surface area (Å²) in [6.45, 7) is 0.854. The SMILES string of the molecule is O=C1C[C@H]2O[C@H]([C@H](OCc3ccccc3)c3ccccc3)[C@@H](OCc3ccccc3)[C@H]2O1. The van der Waals surface area contributed by atoms with Gasteiger partial charge in [-0.25, -0.2) is 0 Å². The van der Waals surface area contributed by atoms with E-state index in [0.717, 1.165) is 16.7 Å². The van der Waals surface area contributed by atoms with Gasteiger partial charge >= 0.3 is 5.97 Å². The molecule has 5 rings (SSSR count). The number of carbonyl (C=O) groups excluding carboxylic acids is 1. The lowest BCUT2D eigenvalue weighted by Gasteiger charge is -2.30. The van der Waals surface area contributed by atoms with E-state index in [0.29, 0.717) is 13.2 Å². The molecule has 32 heavy (non-hydrogen) atoms. The molecule has 5 heteroatoms. The standard InChI is InChI=1S/C27H26O5/c28-23-16-22-25(32-23)26(30-18-20-12-6-2-7-13-20)27(31-22)24(21-14-8-3-9-15-21)29-17-19-10-4-1-5-11-19/h1-15,22,24-27H,16-18H2/t22-,24-,25+,26+,27-/m1/s1. The predicted octanol–water partition coefficient (Wildman–Crippen LogP) is 4.61. The van der Waals surface area contributed by atoms with Gasteiger partial charge in [0.25, 0.3) is 0 Å². The van der Waals surface area contributed by atoms with Gasteiger partial charge in [-0.2, -0.15) is 0 Å². The lowest BCUT2D eigenvalue weighted by Crippen LogP contribution is -2.39. The van der Waals surface area contributed by atoms with Gasteiger partial charge in [-0.15, -0.1) is 0 Å². The highest BCUT2D eigenvalue weighted by molar-refractivity contribution is 5.73. The van der Waals surface area contributed by atoms with Gasteiger partial charge in [0.1, 0.15) is 24.4 Å². The molecule has 3 aromatic rings. The molecule has 2 aliphatic heterocycles. The number of esters is 1. The minimum Gasteiger partial charge on any atom is -0.457 e. The maximum Gasteiger partial charge on any atom is 0.309 e. The fourth-order valence-electron chi connectivity index (χ4n) is 4.41. The summed E-state index contributed by atoms with van der Waals surface area (Å²) < 4.78 is 24.8. The second-order valence-corrected chi connectivity index (χ2v) is 8.19. The Labute approximate surface area is 187 Å². The largest absolute Gasteiger partial charge is 0.457 e. The first-order valence-corrected chi connectivity index (χ1v) is 11.0. The van der Waals surface area contributed by atoms with Crippen molar-refractivity contribution in [2.24, 2.45) is 0 Å². The number of hydrogen-bond acceptors (Lipinski definition) is 5. The first-order valence-electron chi connectivity index (χ1n) is 11.0. The minimum absolute atomic E-state index is 0.242. The molecule has 0 N–H and O–H groups in total. The van der Waals surface area contributed by atoms with Crippen LogP contribution in [0.4, 0.5) is 0 Å². The van der Waals surface area contributed by atoms with E-state index in [1.807, 2.05) is 91.0 Å². The highest BCUT2D eigenvalue weighted by Crippen LogP contribution is 2.41. The van der Waals surface area contributed by atoms with E-state index in [-0.39, 0.29) is 24.6 Å². The zero-order valence-electron chi connectivity index (χ0n) is 17.7. The average Bonchev–Trinajstić information content (AvgIpc) is 3.36. The molecule has 0 saturated carbocycles. The van der Waals surface area contributed by atoms with Crippen molar-refractivity contribution >= 4 is 5.97 Å². The number of rotatable bonds is 8. The molecule has 3 aromatic carbocycles. The summed E-state index contributed by atoms with van der Waals surface area (Å²) in [6.07, 6.45) is -1.68. The third-order valence-electron chi connectivity index (χ3n) is 5.97. The van der Waals surface area contributed by atoms with E-state index in [1.54, 1.807) is 0 Å². The van der Waals surface area contributed by atoms with Crippen LogP contribution >= 0.6 is 0 Å². The van der Waals surface area contributed by atoms with Crippen LogP contribution in [0.2, 0.25) is 0 Å². The molecule has 2 aliphatic rings. The fraction of sp³-hybridized carbons (Fsp3) is 0.296. The Morgan fingerprint density at radius 3 is 2.06 bits per heavy atom. The van der Waals surface area contributed by atoms with Gasteiger partial charge in [0.2, 0.25) is 0 Å². The van der Waals surface area contributed by atoms with E-state index in [4.69, 9.17) is 18.9 Å². The van der Waals surface area contributed by atoms with Crippen LogP contribution in [0.1, 0.15) is 29.2 Å². The second-order valence-electron chi connectivity index (χ2n) is 8.19. The monoisotopic (exact) mass is 430 g/mol. The molecule has 0 unspecified atom stereocenters. The summed E-state index contributed by atoms with van der Waals surface area (Å²) in [5, 5.41) is 0. The zero-order chi connectivity index (χ0) is 21.8. The van der Waals surface area contributed by atoms with Gasteiger partial charge in [-0.1, -0.05) is 91.0 Å². The molecule has 2 fully saturated rings. The van der Waals surface area contributed by atoms with Gasteiger partial charge < -0.3 is 18.9 Å². The summed E-state index contributed by atoms with van der Waals surface area (Å²) in [6, 6.07) is 30.1. The van der Waals surface area contributed by atoms with Crippen LogP contribution in [0, 0.1) is 0 Å². The lowest BCUT2D eigenvalue weighted by molar-refractivity contribution is -0.155. The van der Waals surface area contributed by atoms with E-state index >= 15 is 0 Å². The van der Waals surface area contributed by atoms with Gasteiger partial charge in [0.05, 0.1) is 19.6 Å². The van der Waals surface area contributed by atoms with Crippen molar-refractivity contribution in [3.05, 3.63) is 108 Å². The minimum atomic E-state index is -0.428. The quantitative estimate of drug-likeness (QED) is 0.489. The molecule has 164 valence electrons. The molecule has 2 heterocycles. The molecule has 0 bridgehead atoms. The summed E-state index contributed by atoms with van der Waals surface area (Å²) in [5.41, 5.74) is 3.15. The van der Waals surface area contributed by atoms with Crippen LogP contribution in [-0.4, -0.2) is 30.4 Å². The van der Waals surface area contributed by atoms with Crippen molar-refractivity contribution in [2.75, 3.05) is 0 Å². The molecular formula is C27H26O5. The molecule has 2 saturated heterocycles. The maximum absolute atomic E-state index is 11.9. The second kappa shape index (κ2) is 9.65. The van der Waals surface area contributed by atoms with Crippen molar-refractivity contribution in [1.82, 2.24) is 0 Å². The Morgan fingerprint density at radius 2 is 1.41 bits per heavy atom. The molecular weight excluding hydrogens is 404 g/mol. The summed E-state index contributed by atoms with van der Waals surface area (Å²) in [4.78, 5) is 11.9. The van der Waals surface area contributed by atoms with Gasteiger partial charge in [-0.3, -0.25) is 4.79 Å². The van der Waals surface area contributed by atoms with E-state index in [2.05, 4.69) is 0 Å². The Bertz CT molecular complexity index is 1010. The van der Waals surface area contributed by atoms with Crippen LogP contribution in [0.25, 0.3) is 0 Å². The van der Waals surface area contributed by atoms with Crippen LogP contribution in [-0.2, 0) is 37.0 Å². The van der Waals surface area contributed by atoms with E-state index < -0.39 is 18.3 Å². The highest BCUT2D eigenvalue weighted by Gasteiger charge is 2.55. The molecule has 0 amide bonds. The highest BCUT2D eigenvalue weighted by atomic mass is 16.6. The number of hydrogen-bond donors (Lipinski definition) is 0. The number of benzene rings is 3. The summed E-state index contributed by atoms with van der Waals surface area (Å²) in [7, 11) is 0. The van der Waals surface area contributed by atoms with Gasteiger partial charge in [-0.05, 0) is 16.7 Å². The Morgan fingerprint density at radius 1 is 0.812 bits per heavy atom. The van der Waals surface area contributed by atoms with Crippen molar-refractivity contribution in [2.45, 2.75) is 50.2 Å².